The van der Waals surface area contributed by atoms with Crippen LogP contribution in [0.15, 0.2) is 66.2 Å². The summed E-state index contributed by atoms with van der Waals surface area (Å²) in [6.07, 6.45) is 19.3. The molecule has 0 saturated carbocycles. The van der Waals surface area contributed by atoms with Crippen molar-refractivity contribution >= 4 is 17.0 Å². The van der Waals surface area contributed by atoms with Gasteiger partial charge in [-0.05, 0) is 82.5 Å². The van der Waals surface area contributed by atoms with E-state index in [4.69, 9.17) is 5.10 Å². The fraction of sp³-hybridized carbons (Fsp3) is 0.370. The third-order valence-corrected chi connectivity index (χ3v) is 6.72. The van der Waals surface area contributed by atoms with E-state index in [0.29, 0.717) is 5.92 Å². The summed E-state index contributed by atoms with van der Waals surface area (Å²) in [7, 11) is 0. The van der Waals surface area contributed by atoms with Crippen LogP contribution in [0.1, 0.15) is 43.3 Å². The van der Waals surface area contributed by atoms with Crippen LogP contribution in [0.3, 0.4) is 0 Å². The average Bonchev–Trinajstić information content (AvgIpc) is 3.22. The first-order valence-corrected chi connectivity index (χ1v) is 11.9. The van der Waals surface area contributed by atoms with Crippen molar-refractivity contribution in [3.8, 4) is 0 Å². The van der Waals surface area contributed by atoms with Crippen LogP contribution in [0.25, 0.3) is 11.1 Å². The summed E-state index contributed by atoms with van der Waals surface area (Å²) in [5, 5.41) is 4.71. The predicted molar refractivity (Wildman–Crippen MR) is 131 cm³/mol. The molecule has 170 valence electrons. The molecule has 1 fully saturated rings. The van der Waals surface area contributed by atoms with E-state index in [9.17, 15) is 4.79 Å². The third-order valence-electron chi connectivity index (χ3n) is 6.72. The Morgan fingerprint density at radius 2 is 1.94 bits per heavy atom. The molecule has 5 heterocycles. The number of aryl methyl sites for hydroxylation is 2. The Morgan fingerprint density at radius 1 is 1.12 bits per heavy atom. The van der Waals surface area contributed by atoms with Crippen molar-refractivity contribution in [2.24, 2.45) is 5.92 Å². The van der Waals surface area contributed by atoms with E-state index in [0.717, 1.165) is 59.8 Å². The zero-order valence-electron chi connectivity index (χ0n) is 19.7. The van der Waals surface area contributed by atoms with Crippen molar-refractivity contribution in [1.29, 1.82) is 0 Å². The number of fused-ring (bicyclic) bond motifs is 2. The fourth-order valence-corrected chi connectivity index (χ4v) is 5.00. The smallest absolute Gasteiger partial charge is 0.255 e. The van der Waals surface area contributed by atoms with Gasteiger partial charge in [0.05, 0.1) is 28.8 Å². The second-order valence-corrected chi connectivity index (χ2v) is 9.16. The number of nitrogens with zero attached hydrogens (tertiary/aromatic N) is 5. The number of carbonyl (C=O) groups excluding carboxylic acids is 1. The van der Waals surface area contributed by atoms with Gasteiger partial charge in [0.1, 0.15) is 0 Å². The average molecular weight is 442 g/mol. The van der Waals surface area contributed by atoms with E-state index in [1.807, 2.05) is 55.1 Å². The van der Waals surface area contributed by atoms with Crippen molar-refractivity contribution in [3.05, 3.63) is 83.3 Å². The highest BCUT2D eigenvalue weighted by molar-refractivity contribution is 5.99. The minimum atomic E-state index is -0.0473. The fourth-order valence-electron chi connectivity index (χ4n) is 5.00. The zero-order chi connectivity index (χ0) is 22.9. The number of carbonyl (C=O) groups is 1. The van der Waals surface area contributed by atoms with Crippen LogP contribution in [0.5, 0.6) is 0 Å². The van der Waals surface area contributed by atoms with Crippen LogP contribution in [0.2, 0.25) is 0 Å². The summed E-state index contributed by atoms with van der Waals surface area (Å²) < 4.78 is 1.85. The molecule has 5 rings (SSSR count). The second kappa shape index (κ2) is 8.94. The highest BCUT2D eigenvalue weighted by Crippen LogP contribution is 2.31. The van der Waals surface area contributed by atoms with Gasteiger partial charge in [-0.2, -0.15) is 5.10 Å². The standard InChI is InChI=1S/C27H31N5O/c1-4-12-30-13-10-21(11-14-30)23-8-9-24-7-5-6-22(15-27(33)31(24)18-23)25-16-26-20(3)28-19(2)17-32(26)29-25/h5-9,15-18,21H,4,10-14H2,1-3H3/b6-5+,22-15+,24-7?. The first kappa shape index (κ1) is 21.6. The Bertz CT molecular complexity index is 1230. The number of hydrogen-bond acceptors (Lipinski definition) is 4. The molecule has 2 aromatic rings. The molecule has 0 atom stereocenters. The van der Waals surface area contributed by atoms with Gasteiger partial charge in [0.25, 0.3) is 5.91 Å². The Balaban J connectivity index is 1.41. The largest absolute Gasteiger partial charge is 0.303 e. The molecule has 0 N–H and O–H groups in total. The van der Waals surface area contributed by atoms with Gasteiger partial charge < -0.3 is 4.90 Å². The van der Waals surface area contributed by atoms with Gasteiger partial charge in [0.15, 0.2) is 0 Å². The quantitative estimate of drug-likeness (QED) is 0.697. The van der Waals surface area contributed by atoms with Gasteiger partial charge in [0, 0.05) is 23.5 Å². The highest BCUT2D eigenvalue weighted by Gasteiger charge is 2.25. The Morgan fingerprint density at radius 3 is 2.73 bits per heavy atom. The summed E-state index contributed by atoms with van der Waals surface area (Å²) in [5.74, 6) is 0.458. The van der Waals surface area contributed by atoms with Crippen LogP contribution >= 0.6 is 0 Å². The molecule has 1 amide bonds. The highest BCUT2D eigenvalue weighted by atomic mass is 16.2. The zero-order valence-corrected chi connectivity index (χ0v) is 19.7. The Hall–Kier alpha value is -3.25. The molecule has 0 bridgehead atoms. The molecule has 33 heavy (non-hydrogen) atoms. The summed E-state index contributed by atoms with van der Waals surface area (Å²) in [6.45, 7) is 9.62. The first-order chi connectivity index (χ1) is 16.0. The van der Waals surface area contributed by atoms with Gasteiger partial charge in [-0.1, -0.05) is 25.2 Å². The summed E-state index contributed by atoms with van der Waals surface area (Å²) in [4.78, 5) is 22.2. The third kappa shape index (κ3) is 4.35. The molecule has 0 aliphatic carbocycles. The number of hydrogen-bond donors (Lipinski definition) is 0. The van der Waals surface area contributed by atoms with Gasteiger partial charge in [-0.15, -0.1) is 0 Å². The van der Waals surface area contributed by atoms with E-state index in [2.05, 4.69) is 29.0 Å². The Labute approximate surface area is 195 Å². The SMILES string of the molecule is CCCN1CCC(C2=CN3C(=O)/C=C(c4cc5c(C)nc(C)cn5n4)\C=C\C=C3C=C2)CC1. The number of allylic oxidation sites excluding steroid dienone is 7. The number of amides is 1. The lowest BCUT2D eigenvalue weighted by atomic mass is 9.88. The second-order valence-electron chi connectivity index (χ2n) is 9.16. The van der Waals surface area contributed by atoms with E-state index < -0.39 is 0 Å². The molecule has 0 unspecified atom stereocenters. The van der Waals surface area contributed by atoms with Crippen LogP contribution < -0.4 is 0 Å². The summed E-state index contributed by atoms with van der Waals surface area (Å²) >= 11 is 0. The molecular weight excluding hydrogens is 410 g/mol. The molecule has 0 spiro atoms. The topological polar surface area (TPSA) is 53.7 Å². The van der Waals surface area contributed by atoms with E-state index in [-0.39, 0.29) is 5.91 Å². The first-order valence-electron chi connectivity index (χ1n) is 11.9. The normalized spacial score (nSPS) is 22.3. The summed E-state index contributed by atoms with van der Waals surface area (Å²) in [5.41, 5.74) is 6.51. The molecule has 0 radical (unpaired) electrons. The minimum Gasteiger partial charge on any atom is -0.303 e. The van der Waals surface area contributed by atoms with E-state index in [1.165, 1.54) is 18.5 Å². The van der Waals surface area contributed by atoms with E-state index in [1.54, 1.807) is 11.0 Å². The van der Waals surface area contributed by atoms with Gasteiger partial charge in [-0.25, -0.2) is 4.52 Å². The molecule has 6 heteroatoms. The molecule has 0 aromatic carbocycles. The number of piperidine rings is 1. The lowest BCUT2D eigenvalue weighted by Crippen LogP contribution is -2.35. The lowest BCUT2D eigenvalue weighted by molar-refractivity contribution is -0.122. The minimum absolute atomic E-state index is 0.0473. The molecule has 3 aliphatic heterocycles. The van der Waals surface area contributed by atoms with E-state index >= 15 is 0 Å². The van der Waals surface area contributed by atoms with Crippen molar-refractivity contribution in [3.63, 3.8) is 0 Å². The number of aromatic nitrogens is 3. The van der Waals surface area contributed by atoms with Crippen LogP contribution in [0, 0.1) is 19.8 Å². The maximum absolute atomic E-state index is 13.3. The molecule has 3 aliphatic rings. The van der Waals surface area contributed by atoms with Crippen LogP contribution in [0.4, 0.5) is 0 Å². The maximum atomic E-state index is 13.3. The molecule has 6 nitrogen and oxygen atoms in total. The monoisotopic (exact) mass is 441 g/mol. The molecule has 2 aromatic heterocycles. The predicted octanol–water partition coefficient (Wildman–Crippen LogP) is 4.59. The van der Waals surface area contributed by atoms with Gasteiger partial charge in [-0.3, -0.25) is 14.7 Å². The van der Waals surface area contributed by atoms with Gasteiger partial charge >= 0.3 is 0 Å². The van der Waals surface area contributed by atoms with Crippen LogP contribution in [-0.4, -0.2) is 49.9 Å². The van der Waals surface area contributed by atoms with Crippen LogP contribution in [-0.2, 0) is 4.79 Å². The number of likely N-dealkylation sites (tertiary alicyclic amines) is 1. The summed E-state index contributed by atoms with van der Waals surface area (Å²) in [6, 6.07) is 2.00. The van der Waals surface area contributed by atoms with Crippen molar-refractivity contribution in [2.75, 3.05) is 19.6 Å². The Kier molecular flexibility index (Phi) is 5.85. The molecular formula is C27H31N5O. The molecule has 1 saturated heterocycles. The maximum Gasteiger partial charge on any atom is 0.255 e. The van der Waals surface area contributed by atoms with Crippen molar-refractivity contribution < 1.29 is 4.79 Å². The lowest BCUT2D eigenvalue weighted by Gasteiger charge is -2.34. The van der Waals surface area contributed by atoms with Crippen molar-refractivity contribution in [1.82, 2.24) is 24.4 Å². The van der Waals surface area contributed by atoms with Crippen molar-refractivity contribution in [2.45, 2.75) is 40.0 Å². The number of rotatable bonds is 4. The van der Waals surface area contributed by atoms with Gasteiger partial charge in [0.2, 0.25) is 0 Å².